The molecule has 10 heavy (non-hydrogen) atoms. The molecule has 0 aliphatic heterocycles. The second kappa shape index (κ2) is 3.35. The predicted molar refractivity (Wildman–Crippen MR) is 43.9 cm³/mol. The monoisotopic (exact) mass is 142 g/mol. The lowest BCUT2D eigenvalue weighted by Crippen LogP contribution is -2.41. The first-order valence-electron chi connectivity index (χ1n) is 4.22. The highest BCUT2D eigenvalue weighted by Gasteiger charge is 2.30. The summed E-state index contributed by atoms with van der Waals surface area (Å²) in [5.41, 5.74) is 5.94. The van der Waals surface area contributed by atoms with Crippen molar-refractivity contribution in [2.45, 2.75) is 37.6 Å². The van der Waals surface area contributed by atoms with Crippen molar-refractivity contribution in [2.75, 3.05) is 13.6 Å². The third kappa shape index (κ3) is 1.50. The number of nitrogens with one attached hydrogen (secondary N) is 1. The van der Waals surface area contributed by atoms with Crippen LogP contribution >= 0.6 is 0 Å². The zero-order chi connectivity index (χ0) is 7.45. The fraction of sp³-hybridized carbons (Fsp3) is 1.00. The van der Waals surface area contributed by atoms with Crippen LogP contribution in [-0.4, -0.2) is 19.1 Å². The zero-order valence-corrected chi connectivity index (χ0v) is 6.82. The molecule has 0 radical (unpaired) electrons. The van der Waals surface area contributed by atoms with Crippen LogP contribution in [0, 0.1) is 0 Å². The standard InChI is InChI=1S/C8H18N2/c1-10-8(6-7-9)4-2-3-5-8/h10H,2-7,9H2,1H3. The van der Waals surface area contributed by atoms with Gasteiger partial charge in [0.05, 0.1) is 0 Å². The lowest BCUT2D eigenvalue weighted by Gasteiger charge is -2.27. The normalized spacial score (nSPS) is 23.4. The lowest BCUT2D eigenvalue weighted by molar-refractivity contribution is 0.338. The third-order valence-electron chi connectivity index (χ3n) is 2.71. The van der Waals surface area contributed by atoms with Gasteiger partial charge < -0.3 is 11.1 Å². The fourth-order valence-electron chi connectivity index (χ4n) is 1.95. The minimum atomic E-state index is 0.411. The molecule has 1 aliphatic rings. The Hall–Kier alpha value is -0.0800. The molecule has 60 valence electrons. The van der Waals surface area contributed by atoms with E-state index in [0.717, 1.165) is 13.0 Å². The van der Waals surface area contributed by atoms with E-state index in [2.05, 4.69) is 12.4 Å². The van der Waals surface area contributed by atoms with Crippen molar-refractivity contribution in [3.05, 3.63) is 0 Å². The molecule has 0 spiro atoms. The molecular weight excluding hydrogens is 124 g/mol. The van der Waals surface area contributed by atoms with Gasteiger partial charge in [-0.05, 0) is 32.9 Å². The molecule has 0 aromatic carbocycles. The molecule has 0 unspecified atom stereocenters. The van der Waals surface area contributed by atoms with Crippen LogP contribution in [0.25, 0.3) is 0 Å². The van der Waals surface area contributed by atoms with E-state index in [0.29, 0.717) is 5.54 Å². The summed E-state index contributed by atoms with van der Waals surface area (Å²) in [5.74, 6) is 0. The molecule has 0 amide bonds. The van der Waals surface area contributed by atoms with Crippen LogP contribution in [0.15, 0.2) is 0 Å². The van der Waals surface area contributed by atoms with Gasteiger partial charge in [0.25, 0.3) is 0 Å². The molecule has 0 aromatic rings. The first-order valence-corrected chi connectivity index (χ1v) is 4.22. The van der Waals surface area contributed by atoms with Crippen LogP contribution < -0.4 is 11.1 Å². The van der Waals surface area contributed by atoms with Crippen LogP contribution in [-0.2, 0) is 0 Å². The van der Waals surface area contributed by atoms with Gasteiger partial charge in [-0.1, -0.05) is 12.8 Å². The predicted octanol–water partition coefficient (Wildman–Crippen LogP) is 0.867. The summed E-state index contributed by atoms with van der Waals surface area (Å²) in [7, 11) is 2.06. The SMILES string of the molecule is CNC1(CCN)CCCC1. The van der Waals surface area contributed by atoms with Crippen LogP contribution in [0.2, 0.25) is 0 Å². The Morgan fingerprint density at radius 1 is 1.40 bits per heavy atom. The van der Waals surface area contributed by atoms with Gasteiger partial charge in [-0.15, -0.1) is 0 Å². The summed E-state index contributed by atoms with van der Waals surface area (Å²) >= 11 is 0. The highest BCUT2D eigenvalue weighted by molar-refractivity contribution is 4.91. The van der Waals surface area contributed by atoms with Crippen LogP contribution in [0.3, 0.4) is 0 Å². The van der Waals surface area contributed by atoms with E-state index in [4.69, 9.17) is 5.73 Å². The van der Waals surface area contributed by atoms with E-state index in [1.54, 1.807) is 0 Å². The van der Waals surface area contributed by atoms with Crippen LogP contribution in [0.5, 0.6) is 0 Å². The minimum Gasteiger partial charge on any atom is -0.330 e. The largest absolute Gasteiger partial charge is 0.330 e. The lowest BCUT2D eigenvalue weighted by atomic mass is 9.94. The average molecular weight is 142 g/mol. The van der Waals surface area contributed by atoms with Gasteiger partial charge in [-0.3, -0.25) is 0 Å². The summed E-state index contributed by atoms with van der Waals surface area (Å²) in [4.78, 5) is 0. The van der Waals surface area contributed by atoms with E-state index in [9.17, 15) is 0 Å². The molecule has 1 rings (SSSR count). The van der Waals surface area contributed by atoms with Gasteiger partial charge in [0, 0.05) is 5.54 Å². The van der Waals surface area contributed by atoms with Crippen molar-refractivity contribution in [1.82, 2.24) is 5.32 Å². The van der Waals surface area contributed by atoms with Crippen LogP contribution in [0.4, 0.5) is 0 Å². The van der Waals surface area contributed by atoms with Crippen LogP contribution in [0.1, 0.15) is 32.1 Å². The summed E-state index contributed by atoms with van der Waals surface area (Å²) < 4.78 is 0. The van der Waals surface area contributed by atoms with E-state index in [1.807, 2.05) is 0 Å². The van der Waals surface area contributed by atoms with Crippen molar-refractivity contribution in [2.24, 2.45) is 5.73 Å². The van der Waals surface area contributed by atoms with Crippen molar-refractivity contribution >= 4 is 0 Å². The molecule has 0 atom stereocenters. The summed E-state index contributed by atoms with van der Waals surface area (Å²) in [5, 5.41) is 3.40. The van der Waals surface area contributed by atoms with E-state index >= 15 is 0 Å². The highest BCUT2D eigenvalue weighted by Crippen LogP contribution is 2.31. The number of hydrogen-bond donors (Lipinski definition) is 2. The van der Waals surface area contributed by atoms with Gasteiger partial charge in [0.2, 0.25) is 0 Å². The average Bonchev–Trinajstić information content (AvgIpc) is 2.39. The van der Waals surface area contributed by atoms with Gasteiger partial charge in [-0.2, -0.15) is 0 Å². The Morgan fingerprint density at radius 2 is 2.00 bits per heavy atom. The molecule has 0 saturated heterocycles. The summed E-state index contributed by atoms with van der Waals surface area (Å²) in [6, 6.07) is 0. The van der Waals surface area contributed by atoms with Gasteiger partial charge in [-0.25, -0.2) is 0 Å². The van der Waals surface area contributed by atoms with Crippen molar-refractivity contribution in [1.29, 1.82) is 0 Å². The molecule has 1 aliphatic carbocycles. The molecule has 0 aromatic heterocycles. The fourth-order valence-corrected chi connectivity index (χ4v) is 1.95. The highest BCUT2D eigenvalue weighted by atomic mass is 14.9. The quantitative estimate of drug-likeness (QED) is 0.613. The molecule has 2 nitrogen and oxygen atoms in total. The Balaban J connectivity index is 2.41. The van der Waals surface area contributed by atoms with Crippen molar-refractivity contribution in [3.63, 3.8) is 0 Å². The molecule has 0 heterocycles. The Bertz CT molecular complexity index is 95.4. The van der Waals surface area contributed by atoms with E-state index in [1.165, 1.54) is 25.7 Å². The smallest absolute Gasteiger partial charge is 0.0190 e. The van der Waals surface area contributed by atoms with E-state index in [-0.39, 0.29) is 0 Å². The van der Waals surface area contributed by atoms with Gasteiger partial charge in [0.15, 0.2) is 0 Å². The Morgan fingerprint density at radius 3 is 2.40 bits per heavy atom. The van der Waals surface area contributed by atoms with Crippen molar-refractivity contribution < 1.29 is 0 Å². The topological polar surface area (TPSA) is 38.0 Å². The number of nitrogens with two attached hydrogens (primary N) is 1. The minimum absolute atomic E-state index is 0.411. The van der Waals surface area contributed by atoms with E-state index < -0.39 is 0 Å². The molecule has 1 saturated carbocycles. The first-order chi connectivity index (χ1) is 4.83. The zero-order valence-electron chi connectivity index (χ0n) is 6.82. The molecule has 3 N–H and O–H groups in total. The Kier molecular flexibility index (Phi) is 2.69. The maximum atomic E-state index is 5.53. The number of rotatable bonds is 3. The molecule has 0 bridgehead atoms. The second-order valence-corrected chi connectivity index (χ2v) is 3.28. The molecular formula is C8H18N2. The molecule has 1 fully saturated rings. The summed E-state index contributed by atoms with van der Waals surface area (Å²) in [6.07, 6.45) is 6.53. The maximum absolute atomic E-state index is 5.53. The first kappa shape index (κ1) is 8.02. The second-order valence-electron chi connectivity index (χ2n) is 3.28. The summed E-state index contributed by atoms with van der Waals surface area (Å²) in [6.45, 7) is 0.820. The van der Waals surface area contributed by atoms with Crippen molar-refractivity contribution in [3.8, 4) is 0 Å². The van der Waals surface area contributed by atoms with Gasteiger partial charge in [0.1, 0.15) is 0 Å². The Labute approximate surface area is 63.2 Å². The third-order valence-corrected chi connectivity index (χ3v) is 2.71. The van der Waals surface area contributed by atoms with Gasteiger partial charge >= 0.3 is 0 Å². The number of hydrogen-bond acceptors (Lipinski definition) is 2. The molecule has 2 heteroatoms. The maximum Gasteiger partial charge on any atom is 0.0190 e.